The highest BCUT2D eigenvalue weighted by Crippen LogP contribution is 2.03. The van der Waals surface area contributed by atoms with E-state index in [4.69, 9.17) is 0 Å². The number of benzene rings is 1. The maximum Gasteiger partial charge on any atom is 0.273 e. The van der Waals surface area contributed by atoms with Gasteiger partial charge in [0.1, 0.15) is 0 Å². The van der Waals surface area contributed by atoms with E-state index in [9.17, 15) is 9.59 Å². The van der Waals surface area contributed by atoms with Crippen molar-refractivity contribution in [3.8, 4) is 0 Å². The Balaban J connectivity index is 1.16. The van der Waals surface area contributed by atoms with Gasteiger partial charge in [0, 0.05) is 25.8 Å². The molecule has 0 aliphatic rings. The van der Waals surface area contributed by atoms with Crippen LogP contribution in [0.1, 0.15) is 45.1 Å². The molecule has 11 nitrogen and oxygen atoms in total. The largest absolute Gasteiger partial charge is 0.347 e. The number of hydrogen-bond donors (Lipinski definition) is 2. The van der Waals surface area contributed by atoms with Gasteiger partial charge in [-0.1, -0.05) is 46.8 Å². The highest BCUT2D eigenvalue weighted by Gasteiger charge is 2.12. The first-order valence-electron chi connectivity index (χ1n) is 11.0. The Kier molecular flexibility index (Phi) is 7.67. The number of nitrogens with zero attached hydrogens (tertiary/aromatic N) is 7. The van der Waals surface area contributed by atoms with Crippen LogP contribution in [0.5, 0.6) is 0 Å². The number of carbonyl (C=O) groups is 2. The van der Waals surface area contributed by atoms with Crippen LogP contribution in [-0.4, -0.2) is 46.8 Å². The van der Waals surface area contributed by atoms with Crippen LogP contribution in [0.25, 0.3) is 0 Å². The number of carbonyl (C=O) groups excluding carboxylic acids is 2. The van der Waals surface area contributed by atoms with Crippen molar-refractivity contribution >= 4 is 11.8 Å². The monoisotopic (exact) mass is 459 g/mol. The Bertz CT molecular complexity index is 1110. The first-order chi connectivity index (χ1) is 16.7. The molecule has 0 atom stereocenters. The van der Waals surface area contributed by atoms with Crippen LogP contribution in [0.15, 0.2) is 67.1 Å². The molecule has 0 saturated carbocycles. The van der Waals surface area contributed by atoms with E-state index in [-0.39, 0.29) is 23.2 Å². The molecule has 0 saturated heterocycles. The number of nitrogens with one attached hydrogen (secondary N) is 2. The van der Waals surface area contributed by atoms with E-state index in [1.54, 1.807) is 28.0 Å². The number of aromatic nitrogens is 7. The molecule has 174 valence electrons. The molecule has 3 aromatic heterocycles. The third kappa shape index (κ3) is 6.55. The molecule has 0 bridgehead atoms. The minimum Gasteiger partial charge on any atom is -0.347 e. The van der Waals surface area contributed by atoms with Crippen LogP contribution >= 0.6 is 0 Å². The molecule has 3 heterocycles. The molecule has 0 unspecified atom stereocenters. The van der Waals surface area contributed by atoms with Gasteiger partial charge in [0.25, 0.3) is 11.8 Å². The van der Waals surface area contributed by atoms with Gasteiger partial charge in [0.05, 0.1) is 24.6 Å². The molecule has 1 aromatic carbocycles. The second-order valence-electron chi connectivity index (χ2n) is 7.61. The topological polar surface area (TPSA) is 133 Å². The summed E-state index contributed by atoms with van der Waals surface area (Å²) >= 11 is 0. The minimum absolute atomic E-state index is 0.258. The molecule has 0 aliphatic heterocycles. The van der Waals surface area contributed by atoms with Gasteiger partial charge in [-0.2, -0.15) is 0 Å². The van der Waals surface area contributed by atoms with Crippen molar-refractivity contribution in [1.29, 1.82) is 0 Å². The van der Waals surface area contributed by atoms with Gasteiger partial charge in [-0.25, -0.2) is 0 Å². The Hall–Kier alpha value is -4.41. The van der Waals surface area contributed by atoms with Crippen molar-refractivity contribution in [3.05, 3.63) is 89.8 Å². The fraction of sp³-hybridized carbons (Fsp3) is 0.261. The molecule has 11 heteroatoms. The van der Waals surface area contributed by atoms with Crippen LogP contribution < -0.4 is 10.6 Å². The number of pyridine rings is 1. The van der Waals surface area contributed by atoms with E-state index < -0.39 is 0 Å². The fourth-order valence-corrected chi connectivity index (χ4v) is 3.20. The first-order valence-corrected chi connectivity index (χ1v) is 11.0. The highest BCUT2D eigenvalue weighted by molar-refractivity contribution is 5.92. The van der Waals surface area contributed by atoms with Crippen LogP contribution in [-0.2, 0) is 26.2 Å². The van der Waals surface area contributed by atoms with Gasteiger partial charge in [-0.3, -0.25) is 23.9 Å². The molecule has 0 radical (unpaired) electrons. The summed E-state index contributed by atoms with van der Waals surface area (Å²) in [6, 6.07) is 15.2. The standard InChI is InChI=1S/C23H25N9O2/c33-22(25-14-18-8-2-1-3-9-18)20-16-31(29-27-20)12-6-7-13-32-17-21(28-30-32)23(34)26-15-19-10-4-5-11-24-19/h1-5,8-11,16-17H,6-7,12-15H2,(H,25,33)(H,26,34). The second kappa shape index (κ2) is 11.5. The molecule has 4 rings (SSSR count). The normalized spacial score (nSPS) is 10.7. The van der Waals surface area contributed by atoms with Gasteiger partial charge in [-0.05, 0) is 30.5 Å². The average Bonchev–Trinajstić information content (AvgIpc) is 3.55. The Morgan fingerprint density at radius 3 is 1.91 bits per heavy atom. The third-order valence-electron chi connectivity index (χ3n) is 5.02. The lowest BCUT2D eigenvalue weighted by Crippen LogP contribution is -2.23. The quantitative estimate of drug-likeness (QED) is 0.326. The van der Waals surface area contributed by atoms with Crippen LogP contribution in [0.3, 0.4) is 0 Å². The molecule has 0 spiro atoms. The van der Waals surface area contributed by atoms with Gasteiger partial charge in [-0.15, -0.1) is 10.2 Å². The van der Waals surface area contributed by atoms with E-state index in [1.165, 1.54) is 0 Å². The smallest absolute Gasteiger partial charge is 0.273 e. The molecule has 4 aromatic rings. The molecule has 2 amide bonds. The van der Waals surface area contributed by atoms with Crippen LogP contribution in [0.2, 0.25) is 0 Å². The lowest BCUT2D eigenvalue weighted by atomic mass is 10.2. The molecule has 2 N–H and O–H groups in total. The van der Waals surface area contributed by atoms with Crippen molar-refractivity contribution in [2.24, 2.45) is 0 Å². The highest BCUT2D eigenvalue weighted by atomic mass is 16.2. The van der Waals surface area contributed by atoms with E-state index in [0.29, 0.717) is 26.2 Å². The van der Waals surface area contributed by atoms with Crippen molar-refractivity contribution in [1.82, 2.24) is 45.6 Å². The minimum atomic E-state index is -0.294. The second-order valence-corrected chi connectivity index (χ2v) is 7.61. The first kappa shape index (κ1) is 22.8. The summed E-state index contributed by atoms with van der Waals surface area (Å²) < 4.78 is 3.29. The predicted molar refractivity (Wildman–Crippen MR) is 122 cm³/mol. The maximum atomic E-state index is 12.2. The van der Waals surface area contributed by atoms with E-state index in [2.05, 4.69) is 36.2 Å². The van der Waals surface area contributed by atoms with Gasteiger partial charge in [0.2, 0.25) is 0 Å². The lowest BCUT2D eigenvalue weighted by Gasteiger charge is -2.03. The maximum absolute atomic E-state index is 12.2. The summed E-state index contributed by atoms with van der Waals surface area (Å²) in [5.41, 5.74) is 2.34. The zero-order chi connectivity index (χ0) is 23.6. The molecular weight excluding hydrogens is 434 g/mol. The lowest BCUT2D eigenvalue weighted by molar-refractivity contribution is 0.0937. The summed E-state index contributed by atoms with van der Waals surface area (Å²) in [6.07, 6.45) is 6.54. The average molecular weight is 460 g/mol. The SMILES string of the molecule is O=C(NCc1ccccc1)c1cn(CCCCn2cc(C(=O)NCc3ccccn3)nn2)nn1. The summed E-state index contributed by atoms with van der Waals surface area (Å²) in [6.45, 7) is 2.00. The molecule has 0 aliphatic carbocycles. The molecular formula is C23H25N9O2. The number of hydrogen-bond acceptors (Lipinski definition) is 7. The van der Waals surface area contributed by atoms with Gasteiger partial charge >= 0.3 is 0 Å². The molecule has 34 heavy (non-hydrogen) atoms. The van der Waals surface area contributed by atoms with E-state index in [1.807, 2.05) is 48.5 Å². The zero-order valence-corrected chi connectivity index (χ0v) is 18.5. The van der Waals surface area contributed by atoms with Crippen molar-refractivity contribution in [3.63, 3.8) is 0 Å². The summed E-state index contributed by atoms with van der Waals surface area (Å²) in [4.78, 5) is 28.6. The summed E-state index contributed by atoms with van der Waals surface area (Å²) in [5.74, 6) is -0.552. The summed E-state index contributed by atoms with van der Waals surface area (Å²) in [7, 11) is 0. The van der Waals surface area contributed by atoms with Crippen molar-refractivity contribution in [2.75, 3.05) is 0 Å². The number of aryl methyl sites for hydroxylation is 2. The molecule has 0 fully saturated rings. The number of rotatable bonds is 11. The Morgan fingerprint density at radius 2 is 1.32 bits per heavy atom. The van der Waals surface area contributed by atoms with Crippen molar-refractivity contribution in [2.45, 2.75) is 39.0 Å². The van der Waals surface area contributed by atoms with Gasteiger partial charge < -0.3 is 10.6 Å². The fourth-order valence-electron chi connectivity index (χ4n) is 3.20. The predicted octanol–water partition coefficient (Wildman–Crippen LogP) is 1.60. The number of unbranched alkanes of at least 4 members (excludes halogenated alkanes) is 1. The van der Waals surface area contributed by atoms with Crippen LogP contribution in [0, 0.1) is 0 Å². The van der Waals surface area contributed by atoms with E-state index >= 15 is 0 Å². The summed E-state index contributed by atoms with van der Waals surface area (Å²) in [5, 5.41) is 21.5. The number of amides is 2. The Labute approximate surface area is 196 Å². The Morgan fingerprint density at radius 1 is 0.735 bits per heavy atom. The van der Waals surface area contributed by atoms with Gasteiger partial charge in [0.15, 0.2) is 11.4 Å². The van der Waals surface area contributed by atoms with Crippen LogP contribution in [0.4, 0.5) is 0 Å². The van der Waals surface area contributed by atoms with E-state index in [0.717, 1.165) is 24.1 Å². The third-order valence-corrected chi connectivity index (χ3v) is 5.02. The van der Waals surface area contributed by atoms with Crippen molar-refractivity contribution < 1.29 is 9.59 Å². The zero-order valence-electron chi connectivity index (χ0n) is 18.5.